The second kappa shape index (κ2) is 8.67. The van der Waals surface area contributed by atoms with E-state index < -0.39 is 10.0 Å². The molecule has 0 fully saturated rings. The second-order valence-electron chi connectivity index (χ2n) is 6.38. The predicted octanol–water partition coefficient (Wildman–Crippen LogP) is 5.42. The second-order valence-corrected chi connectivity index (χ2v) is 8.07. The first-order valence-electron chi connectivity index (χ1n) is 9.23. The Balaban J connectivity index is 1.52. The van der Waals surface area contributed by atoms with Gasteiger partial charge in [0.25, 0.3) is 10.0 Å². The fraction of sp³-hybridized carbons (Fsp3) is 0. The number of benzene rings is 3. The van der Waals surface area contributed by atoms with Gasteiger partial charge in [0.05, 0.1) is 10.6 Å². The van der Waals surface area contributed by atoms with Gasteiger partial charge in [-0.2, -0.15) is 0 Å². The molecule has 150 valence electrons. The molecule has 0 saturated carbocycles. The van der Waals surface area contributed by atoms with E-state index in [9.17, 15) is 8.42 Å². The molecule has 0 unspecified atom stereocenters. The molecule has 3 aromatic carbocycles. The van der Waals surface area contributed by atoms with Crippen molar-refractivity contribution in [3.05, 3.63) is 103 Å². The molecular formula is C23H19N3O3S. The molecule has 1 heterocycles. The van der Waals surface area contributed by atoms with Crippen molar-refractivity contribution in [2.24, 2.45) is 0 Å². The summed E-state index contributed by atoms with van der Waals surface area (Å²) in [6, 6.07) is 28.3. The summed E-state index contributed by atoms with van der Waals surface area (Å²) >= 11 is 0. The number of para-hydroxylation sites is 2. The van der Waals surface area contributed by atoms with Gasteiger partial charge in [0.15, 0.2) is 5.82 Å². The Hall–Kier alpha value is -3.84. The van der Waals surface area contributed by atoms with Crippen LogP contribution in [-0.4, -0.2) is 13.4 Å². The summed E-state index contributed by atoms with van der Waals surface area (Å²) in [4.78, 5) is 4.38. The van der Waals surface area contributed by atoms with E-state index >= 15 is 0 Å². The first-order chi connectivity index (χ1) is 14.6. The smallest absolute Gasteiger partial charge is 0.262 e. The predicted molar refractivity (Wildman–Crippen MR) is 118 cm³/mol. The summed E-state index contributed by atoms with van der Waals surface area (Å²) < 4.78 is 34.1. The number of sulfonamides is 1. The molecule has 0 aliphatic heterocycles. The lowest BCUT2D eigenvalue weighted by Gasteiger charge is -2.13. The minimum atomic E-state index is -3.80. The van der Waals surface area contributed by atoms with Crippen molar-refractivity contribution in [3.8, 4) is 11.5 Å². The van der Waals surface area contributed by atoms with Crippen LogP contribution in [0.25, 0.3) is 0 Å². The maximum Gasteiger partial charge on any atom is 0.262 e. The van der Waals surface area contributed by atoms with Crippen LogP contribution in [0.15, 0.2) is 108 Å². The van der Waals surface area contributed by atoms with E-state index in [1.165, 1.54) is 12.1 Å². The number of ether oxygens (including phenoxy) is 1. The first-order valence-corrected chi connectivity index (χ1v) is 10.7. The standard InChI is InChI=1S/C23H19N3O3S/c27-30(28,21-15-13-20(14-16-21)29-19-10-5-2-6-11-19)26-22-12-7-17-24-23(22)25-18-8-3-1-4-9-18/h1-17,26H,(H,24,25). The van der Waals surface area contributed by atoms with Crippen molar-refractivity contribution in [2.45, 2.75) is 4.90 Å². The molecule has 0 radical (unpaired) electrons. The average molecular weight is 417 g/mol. The largest absolute Gasteiger partial charge is 0.457 e. The van der Waals surface area contributed by atoms with Gasteiger partial charge in [0.1, 0.15) is 11.5 Å². The summed E-state index contributed by atoms with van der Waals surface area (Å²) in [6.07, 6.45) is 1.60. The summed E-state index contributed by atoms with van der Waals surface area (Å²) in [7, 11) is -3.80. The van der Waals surface area contributed by atoms with Gasteiger partial charge in [0, 0.05) is 11.9 Å². The Kier molecular flexibility index (Phi) is 5.63. The normalized spacial score (nSPS) is 10.9. The fourth-order valence-electron chi connectivity index (χ4n) is 2.76. The van der Waals surface area contributed by atoms with Crippen LogP contribution in [0.2, 0.25) is 0 Å². The van der Waals surface area contributed by atoms with E-state index in [0.717, 1.165) is 5.69 Å². The highest BCUT2D eigenvalue weighted by Gasteiger charge is 2.17. The van der Waals surface area contributed by atoms with Crippen molar-refractivity contribution in [3.63, 3.8) is 0 Å². The van der Waals surface area contributed by atoms with Crippen LogP contribution in [0.5, 0.6) is 11.5 Å². The third-order valence-electron chi connectivity index (χ3n) is 4.20. The van der Waals surface area contributed by atoms with Crippen LogP contribution in [0.3, 0.4) is 0 Å². The maximum atomic E-state index is 12.9. The van der Waals surface area contributed by atoms with Gasteiger partial charge in [-0.25, -0.2) is 13.4 Å². The lowest BCUT2D eigenvalue weighted by Crippen LogP contribution is -2.14. The molecule has 0 bridgehead atoms. The monoisotopic (exact) mass is 417 g/mol. The molecule has 30 heavy (non-hydrogen) atoms. The Morgan fingerprint density at radius 2 is 1.33 bits per heavy atom. The minimum absolute atomic E-state index is 0.123. The number of pyridine rings is 1. The molecule has 0 saturated heterocycles. The van der Waals surface area contributed by atoms with Gasteiger partial charge in [-0.15, -0.1) is 0 Å². The van der Waals surface area contributed by atoms with Crippen molar-refractivity contribution < 1.29 is 13.2 Å². The number of anilines is 3. The van der Waals surface area contributed by atoms with Gasteiger partial charge < -0.3 is 10.1 Å². The quantitative estimate of drug-likeness (QED) is 0.420. The van der Waals surface area contributed by atoms with Crippen molar-refractivity contribution in [2.75, 3.05) is 10.0 Å². The van der Waals surface area contributed by atoms with Gasteiger partial charge in [-0.3, -0.25) is 4.72 Å². The molecule has 0 spiro atoms. The Labute approximate surface area is 175 Å². The van der Waals surface area contributed by atoms with Crippen LogP contribution in [0.1, 0.15) is 0 Å². The van der Waals surface area contributed by atoms with E-state index in [0.29, 0.717) is 23.0 Å². The number of aromatic nitrogens is 1. The van der Waals surface area contributed by atoms with Gasteiger partial charge in [0.2, 0.25) is 0 Å². The SMILES string of the molecule is O=S(=O)(Nc1cccnc1Nc1ccccc1)c1ccc(Oc2ccccc2)cc1. The highest BCUT2D eigenvalue weighted by Crippen LogP contribution is 2.27. The maximum absolute atomic E-state index is 12.9. The number of nitrogens with one attached hydrogen (secondary N) is 2. The van der Waals surface area contributed by atoms with E-state index in [1.807, 2.05) is 60.7 Å². The number of nitrogens with zero attached hydrogens (tertiary/aromatic N) is 1. The van der Waals surface area contributed by atoms with Crippen molar-refractivity contribution in [1.82, 2.24) is 4.98 Å². The zero-order valence-corrected chi connectivity index (χ0v) is 16.7. The topological polar surface area (TPSA) is 80.3 Å². The molecule has 2 N–H and O–H groups in total. The van der Waals surface area contributed by atoms with Crippen LogP contribution in [-0.2, 0) is 10.0 Å². The van der Waals surface area contributed by atoms with Crippen molar-refractivity contribution in [1.29, 1.82) is 0 Å². The molecular weight excluding hydrogens is 398 g/mol. The molecule has 0 atom stereocenters. The van der Waals surface area contributed by atoms with Gasteiger partial charge in [-0.1, -0.05) is 36.4 Å². The molecule has 4 aromatic rings. The highest BCUT2D eigenvalue weighted by molar-refractivity contribution is 7.92. The van der Waals surface area contributed by atoms with E-state index in [2.05, 4.69) is 15.0 Å². The third kappa shape index (κ3) is 4.76. The summed E-state index contributed by atoms with van der Waals surface area (Å²) in [6.45, 7) is 0. The van der Waals surface area contributed by atoms with E-state index in [-0.39, 0.29) is 4.90 Å². The zero-order chi connectivity index (χ0) is 20.8. The van der Waals surface area contributed by atoms with Crippen molar-refractivity contribution >= 4 is 27.2 Å². The average Bonchev–Trinajstić information content (AvgIpc) is 2.77. The molecule has 0 aliphatic rings. The summed E-state index contributed by atoms with van der Waals surface area (Å²) in [5.41, 5.74) is 1.16. The fourth-order valence-corrected chi connectivity index (χ4v) is 3.83. The lowest BCUT2D eigenvalue weighted by molar-refractivity contribution is 0.482. The number of hydrogen-bond donors (Lipinski definition) is 2. The Morgan fingerprint density at radius 3 is 2.03 bits per heavy atom. The molecule has 1 aromatic heterocycles. The zero-order valence-electron chi connectivity index (χ0n) is 15.9. The van der Waals surface area contributed by atoms with Crippen LogP contribution in [0.4, 0.5) is 17.2 Å². The molecule has 4 rings (SSSR count). The third-order valence-corrected chi connectivity index (χ3v) is 5.58. The number of hydrogen-bond acceptors (Lipinski definition) is 5. The minimum Gasteiger partial charge on any atom is -0.457 e. The molecule has 0 aliphatic carbocycles. The lowest BCUT2D eigenvalue weighted by atomic mass is 10.3. The van der Waals surface area contributed by atoms with Crippen LogP contribution < -0.4 is 14.8 Å². The summed E-state index contributed by atoms with van der Waals surface area (Å²) in [5, 5.41) is 3.12. The van der Waals surface area contributed by atoms with Gasteiger partial charge >= 0.3 is 0 Å². The first kappa shape index (κ1) is 19.5. The number of rotatable bonds is 7. The van der Waals surface area contributed by atoms with E-state index in [1.54, 1.807) is 30.5 Å². The van der Waals surface area contributed by atoms with E-state index in [4.69, 9.17) is 4.74 Å². The van der Waals surface area contributed by atoms with Crippen LogP contribution >= 0.6 is 0 Å². The molecule has 6 nitrogen and oxygen atoms in total. The molecule has 0 amide bonds. The van der Waals surface area contributed by atoms with Crippen LogP contribution in [0, 0.1) is 0 Å². The van der Waals surface area contributed by atoms with Gasteiger partial charge in [-0.05, 0) is 60.7 Å². The molecule has 7 heteroatoms. The highest BCUT2D eigenvalue weighted by atomic mass is 32.2. The Bertz CT molecular complexity index is 1210. The Morgan fingerprint density at radius 1 is 0.700 bits per heavy atom. The summed E-state index contributed by atoms with van der Waals surface area (Å²) in [5.74, 6) is 1.64.